The summed E-state index contributed by atoms with van der Waals surface area (Å²) in [4.78, 5) is 11.6. The highest BCUT2D eigenvalue weighted by Gasteiger charge is 2.05. The minimum Gasteiger partial charge on any atom is -0.398 e. The molecule has 0 aromatic heterocycles. The minimum absolute atomic E-state index is 0.131. The van der Waals surface area contributed by atoms with E-state index in [1.54, 1.807) is 31.2 Å². The molecule has 0 heterocycles. The molecule has 2 unspecified atom stereocenters. The van der Waals surface area contributed by atoms with Gasteiger partial charge in [-0.2, -0.15) is 0 Å². The predicted octanol–water partition coefficient (Wildman–Crippen LogP) is -0.456. The largest absolute Gasteiger partial charge is 0.398 e. The average molecular weight is 309 g/mol. The fourth-order valence-electron chi connectivity index (χ4n) is 1.63. The lowest BCUT2D eigenvalue weighted by atomic mass is 10.1. The van der Waals surface area contributed by atoms with Crippen LogP contribution in [0.4, 0.5) is 11.4 Å². The number of nitrogens with two attached hydrogens (primary N) is 1. The summed E-state index contributed by atoms with van der Waals surface area (Å²) in [5, 5.41) is 32.5. The zero-order valence-electron chi connectivity index (χ0n) is 12.5. The van der Waals surface area contributed by atoms with Gasteiger partial charge in [-0.15, -0.1) is 0 Å². The van der Waals surface area contributed by atoms with E-state index < -0.39 is 6.10 Å². The molecule has 1 aromatic carbocycles. The summed E-state index contributed by atoms with van der Waals surface area (Å²) in [5.41, 5.74) is 7.71. The van der Waals surface area contributed by atoms with E-state index in [1.165, 1.54) is 6.08 Å². The van der Waals surface area contributed by atoms with Gasteiger partial charge in [0.15, 0.2) is 0 Å². The fraction of sp³-hybridized carbons (Fsp3) is 0.400. The molecular formula is C15H23N3O4. The van der Waals surface area contributed by atoms with Crippen LogP contribution >= 0.6 is 0 Å². The molecular weight excluding hydrogens is 286 g/mol. The van der Waals surface area contributed by atoms with Crippen LogP contribution in [0.25, 0.3) is 6.08 Å². The SMILES string of the molecule is CC(CO)NC(=O)C=Cc1cc(NCC(O)CO)ccc1N. The molecule has 1 aromatic rings. The Labute approximate surface area is 129 Å². The molecule has 0 saturated carbocycles. The van der Waals surface area contributed by atoms with Crippen molar-refractivity contribution in [3.05, 3.63) is 29.8 Å². The van der Waals surface area contributed by atoms with Gasteiger partial charge in [0.1, 0.15) is 0 Å². The van der Waals surface area contributed by atoms with Crippen LogP contribution in [0.15, 0.2) is 24.3 Å². The van der Waals surface area contributed by atoms with Gasteiger partial charge in [-0.05, 0) is 36.8 Å². The van der Waals surface area contributed by atoms with Crippen molar-refractivity contribution in [1.82, 2.24) is 5.32 Å². The molecule has 0 aliphatic rings. The smallest absolute Gasteiger partial charge is 0.244 e. The van der Waals surface area contributed by atoms with Gasteiger partial charge in [-0.3, -0.25) is 4.79 Å². The number of nitrogen functional groups attached to an aromatic ring is 1. The van der Waals surface area contributed by atoms with Gasteiger partial charge >= 0.3 is 0 Å². The maximum Gasteiger partial charge on any atom is 0.244 e. The van der Waals surface area contributed by atoms with Crippen LogP contribution < -0.4 is 16.4 Å². The molecule has 122 valence electrons. The van der Waals surface area contributed by atoms with Crippen LogP contribution in [-0.2, 0) is 4.79 Å². The summed E-state index contributed by atoms with van der Waals surface area (Å²) in [7, 11) is 0. The Morgan fingerprint density at radius 3 is 2.73 bits per heavy atom. The lowest BCUT2D eigenvalue weighted by Gasteiger charge is -2.12. The summed E-state index contributed by atoms with van der Waals surface area (Å²) in [6, 6.07) is 4.84. The lowest BCUT2D eigenvalue weighted by Crippen LogP contribution is -2.33. The highest BCUT2D eigenvalue weighted by Crippen LogP contribution is 2.19. The minimum atomic E-state index is -0.845. The van der Waals surface area contributed by atoms with Crippen LogP contribution in [0, 0.1) is 0 Å². The highest BCUT2D eigenvalue weighted by atomic mass is 16.3. The van der Waals surface area contributed by atoms with Gasteiger partial charge < -0.3 is 31.7 Å². The Balaban J connectivity index is 2.71. The van der Waals surface area contributed by atoms with Crippen LogP contribution in [0.1, 0.15) is 12.5 Å². The Morgan fingerprint density at radius 2 is 2.09 bits per heavy atom. The first-order valence-corrected chi connectivity index (χ1v) is 6.98. The highest BCUT2D eigenvalue weighted by molar-refractivity contribution is 5.93. The van der Waals surface area contributed by atoms with Crippen molar-refractivity contribution in [3.63, 3.8) is 0 Å². The number of amides is 1. The molecule has 22 heavy (non-hydrogen) atoms. The Hall–Kier alpha value is -2.09. The number of aliphatic hydroxyl groups excluding tert-OH is 3. The van der Waals surface area contributed by atoms with Gasteiger partial charge in [-0.1, -0.05) is 0 Å². The molecule has 0 aliphatic carbocycles. The van der Waals surface area contributed by atoms with E-state index in [9.17, 15) is 9.90 Å². The number of carbonyl (C=O) groups excluding carboxylic acids is 1. The van der Waals surface area contributed by atoms with Crippen molar-refractivity contribution < 1.29 is 20.1 Å². The molecule has 0 radical (unpaired) electrons. The summed E-state index contributed by atoms with van der Waals surface area (Å²) in [5.74, 6) is -0.324. The van der Waals surface area contributed by atoms with Crippen LogP contribution in [-0.4, -0.2) is 53.1 Å². The molecule has 1 rings (SSSR count). The zero-order valence-corrected chi connectivity index (χ0v) is 12.5. The number of hydrogen-bond acceptors (Lipinski definition) is 6. The second-order valence-electron chi connectivity index (χ2n) is 4.99. The molecule has 7 N–H and O–H groups in total. The monoisotopic (exact) mass is 309 g/mol. The number of aliphatic hydroxyl groups is 3. The maximum absolute atomic E-state index is 11.6. The van der Waals surface area contributed by atoms with E-state index in [2.05, 4.69) is 10.6 Å². The summed E-state index contributed by atoms with van der Waals surface area (Å²) < 4.78 is 0. The van der Waals surface area contributed by atoms with Crippen molar-refractivity contribution in [3.8, 4) is 0 Å². The third kappa shape index (κ3) is 6.13. The first kappa shape index (κ1) is 18.0. The molecule has 2 atom stereocenters. The number of rotatable bonds is 8. The van der Waals surface area contributed by atoms with Gasteiger partial charge in [-0.25, -0.2) is 0 Å². The predicted molar refractivity (Wildman–Crippen MR) is 86.2 cm³/mol. The first-order valence-electron chi connectivity index (χ1n) is 6.98. The Kier molecular flexibility index (Phi) is 7.38. The zero-order chi connectivity index (χ0) is 16.5. The van der Waals surface area contributed by atoms with Gasteiger partial charge in [0.05, 0.1) is 19.3 Å². The van der Waals surface area contributed by atoms with E-state index in [0.717, 1.165) is 0 Å². The summed E-state index contributed by atoms with van der Waals surface area (Å²) >= 11 is 0. The van der Waals surface area contributed by atoms with E-state index in [1.807, 2.05) is 0 Å². The third-order valence-corrected chi connectivity index (χ3v) is 2.92. The van der Waals surface area contributed by atoms with Crippen molar-refractivity contribution in [2.75, 3.05) is 30.8 Å². The van der Waals surface area contributed by atoms with Crippen molar-refractivity contribution in [1.29, 1.82) is 0 Å². The van der Waals surface area contributed by atoms with E-state index >= 15 is 0 Å². The van der Waals surface area contributed by atoms with Crippen molar-refractivity contribution in [2.45, 2.75) is 19.1 Å². The van der Waals surface area contributed by atoms with Gasteiger partial charge in [0.25, 0.3) is 0 Å². The van der Waals surface area contributed by atoms with Crippen LogP contribution in [0.3, 0.4) is 0 Å². The average Bonchev–Trinajstić information content (AvgIpc) is 2.52. The van der Waals surface area contributed by atoms with E-state index in [-0.39, 0.29) is 31.7 Å². The van der Waals surface area contributed by atoms with Crippen molar-refractivity contribution >= 4 is 23.4 Å². The summed E-state index contributed by atoms with van der Waals surface area (Å²) in [6.07, 6.45) is 2.06. The van der Waals surface area contributed by atoms with Gasteiger partial charge in [0.2, 0.25) is 5.91 Å². The summed E-state index contributed by atoms with van der Waals surface area (Å²) in [6.45, 7) is 1.45. The normalized spacial score (nSPS) is 13.8. The van der Waals surface area contributed by atoms with Gasteiger partial charge in [0, 0.05) is 30.0 Å². The third-order valence-electron chi connectivity index (χ3n) is 2.92. The lowest BCUT2D eigenvalue weighted by molar-refractivity contribution is -0.117. The topological polar surface area (TPSA) is 128 Å². The Bertz CT molecular complexity index is 520. The number of benzene rings is 1. The number of carbonyl (C=O) groups is 1. The molecule has 0 bridgehead atoms. The van der Waals surface area contributed by atoms with Crippen LogP contribution in [0.2, 0.25) is 0 Å². The number of nitrogens with one attached hydrogen (secondary N) is 2. The molecule has 7 heteroatoms. The molecule has 1 amide bonds. The fourth-order valence-corrected chi connectivity index (χ4v) is 1.63. The van der Waals surface area contributed by atoms with E-state index in [0.29, 0.717) is 16.9 Å². The molecule has 7 nitrogen and oxygen atoms in total. The molecule has 0 spiro atoms. The first-order chi connectivity index (χ1) is 10.5. The Morgan fingerprint density at radius 1 is 1.36 bits per heavy atom. The maximum atomic E-state index is 11.6. The van der Waals surface area contributed by atoms with Crippen LogP contribution in [0.5, 0.6) is 0 Å². The van der Waals surface area contributed by atoms with E-state index in [4.69, 9.17) is 15.9 Å². The molecule has 0 aliphatic heterocycles. The molecule has 0 saturated heterocycles. The quantitative estimate of drug-likeness (QED) is 0.285. The standard InChI is InChI=1S/C15H23N3O4/c1-10(8-19)18-15(22)5-2-11-6-12(3-4-14(11)16)17-7-13(21)9-20/h2-6,10,13,17,19-21H,7-9,16H2,1H3,(H,18,22). The number of anilines is 2. The molecule has 0 fully saturated rings. The number of hydrogen-bond donors (Lipinski definition) is 6. The second kappa shape index (κ2) is 9.04. The second-order valence-corrected chi connectivity index (χ2v) is 4.99. The van der Waals surface area contributed by atoms with Crippen molar-refractivity contribution in [2.24, 2.45) is 0 Å².